The lowest BCUT2D eigenvalue weighted by Crippen LogP contribution is -2.42. The van der Waals surface area contributed by atoms with Gasteiger partial charge in [0.1, 0.15) is 0 Å². The highest BCUT2D eigenvalue weighted by Crippen LogP contribution is 2.65. The first-order chi connectivity index (χ1) is 13.5. The van der Waals surface area contributed by atoms with Crippen LogP contribution in [-0.2, 0) is 14.9 Å². The number of amides is 1. The summed E-state index contributed by atoms with van der Waals surface area (Å²) in [5.41, 5.74) is 7.17. The predicted molar refractivity (Wildman–Crippen MR) is 111 cm³/mol. The van der Waals surface area contributed by atoms with Gasteiger partial charge < -0.3 is 10.5 Å². The van der Waals surface area contributed by atoms with Crippen LogP contribution in [-0.4, -0.2) is 18.5 Å². The Bertz CT molecular complexity index is 969. The summed E-state index contributed by atoms with van der Waals surface area (Å²) in [6, 6.07) is 11.9. The van der Waals surface area contributed by atoms with Crippen LogP contribution in [0.4, 0.5) is 0 Å². The van der Waals surface area contributed by atoms with E-state index >= 15 is 0 Å². The number of esters is 1. The number of benzene rings is 1. The Kier molecular flexibility index (Phi) is 4.71. The SMILES string of the molecule is CCOC(=O)C1(C2(c3sccc3C(N)=O)C=CC(c3ccccc3)=CC2)CC1. The summed E-state index contributed by atoms with van der Waals surface area (Å²) in [7, 11) is 0. The highest BCUT2D eigenvalue weighted by molar-refractivity contribution is 7.10. The molecule has 1 unspecified atom stereocenters. The molecule has 0 aliphatic heterocycles. The average molecular weight is 394 g/mol. The highest BCUT2D eigenvalue weighted by Gasteiger charge is 2.65. The van der Waals surface area contributed by atoms with E-state index in [1.54, 1.807) is 6.07 Å². The lowest BCUT2D eigenvalue weighted by atomic mass is 9.65. The monoisotopic (exact) mass is 393 g/mol. The average Bonchev–Trinajstić information content (AvgIpc) is 3.38. The van der Waals surface area contributed by atoms with E-state index in [1.165, 1.54) is 11.3 Å². The second-order valence-electron chi connectivity index (χ2n) is 7.36. The fraction of sp³-hybridized carbons (Fsp3) is 0.304. The zero-order valence-corrected chi connectivity index (χ0v) is 16.6. The van der Waals surface area contributed by atoms with E-state index in [2.05, 4.69) is 30.4 Å². The Morgan fingerprint density at radius 2 is 1.93 bits per heavy atom. The van der Waals surface area contributed by atoms with Crippen LogP contribution in [0.25, 0.3) is 5.57 Å². The van der Waals surface area contributed by atoms with E-state index in [1.807, 2.05) is 30.5 Å². The Morgan fingerprint density at radius 1 is 1.18 bits per heavy atom. The maximum atomic E-state index is 13.0. The lowest BCUT2D eigenvalue weighted by Gasteiger charge is -2.39. The molecule has 1 fully saturated rings. The summed E-state index contributed by atoms with van der Waals surface area (Å²) in [5.74, 6) is -0.637. The minimum atomic E-state index is -0.632. The third-order valence-corrected chi connectivity index (χ3v) is 7.00. The molecule has 1 heterocycles. The molecular weight excluding hydrogens is 370 g/mol. The van der Waals surface area contributed by atoms with Crippen molar-refractivity contribution in [2.24, 2.45) is 11.1 Å². The van der Waals surface area contributed by atoms with Gasteiger partial charge in [-0.3, -0.25) is 9.59 Å². The number of ether oxygens (including phenoxy) is 1. The number of carbonyl (C=O) groups is 2. The van der Waals surface area contributed by atoms with Crippen molar-refractivity contribution >= 4 is 28.8 Å². The Morgan fingerprint density at radius 3 is 2.50 bits per heavy atom. The molecule has 1 aromatic heterocycles. The first-order valence-electron chi connectivity index (χ1n) is 9.54. The molecule has 1 amide bonds. The zero-order valence-electron chi connectivity index (χ0n) is 15.8. The van der Waals surface area contributed by atoms with Crippen molar-refractivity contribution in [3.05, 3.63) is 76.0 Å². The van der Waals surface area contributed by atoms with Crippen molar-refractivity contribution < 1.29 is 14.3 Å². The summed E-state index contributed by atoms with van der Waals surface area (Å²) in [5, 5.41) is 1.88. The van der Waals surface area contributed by atoms with Crippen LogP contribution >= 0.6 is 11.3 Å². The molecule has 2 aliphatic rings. The normalized spacial score (nSPS) is 22.4. The van der Waals surface area contributed by atoms with Gasteiger partial charge in [0.15, 0.2) is 0 Å². The minimum absolute atomic E-state index is 0.181. The molecular formula is C23H23NO3S. The van der Waals surface area contributed by atoms with Crippen LogP contribution in [0.15, 0.2) is 60.0 Å². The fourth-order valence-corrected chi connectivity index (χ4v) is 5.49. The van der Waals surface area contributed by atoms with E-state index in [9.17, 15) is 9.59 Å². The Balaban J connectivity index is 1.81. The van der Waals surface area contributed by atoms with Gasteiger partial charge in [0.2, 0.25) is 5.91 Å². The molecule has 4 nitrogen and oxygen atoms in total. The molecule has 1 aromatic carbocycles. The fourth-order valence-electron chi connectivity index (χ4n) is 4.30. The largest absolute Gasteiger partial charge is 0.466 e. The first kappa shape index (κ1) is 18.7. The maximum Gasteiger partial charge on any atom is 0.313 e. The number of allylic oxidation sites excluding steroid dienone is 4. The van der Waals surface area contributed by atoms with E-state index in [0.29, 0.717) is 18.6 Å². The van der Waals surface area contributed by atoms with E-state index in [4.69, 9.17) is 10.5 Å². The topological polar surface area (TPSA) is 69.4 Å². The summed E-state index contributed by atoms with van der Waals surface area (Å²) in [6.45, 7) is 2.17. The number of hydrogen-bond acceptors (Lipinski definition) is 4. The molecule has 2 N–H and O–H groups in total. The number of nitrogens with two attached hydrogens (primary N) is 1. The van der Waals surface area contributed by atoms with Crippen LogP contribution in [0.2, 0.25) is 0 Å². The number of primary amides is 1. The molecule has 0 bridgehead atoms. The zero-order chi connectivity index (χ0) is 19.8. The molecule has 1 saturated carbocycles. The van der Waals surface area contributed by atoms with Gasteiger partial charge in [-0.05, 0) is 48.8 Å². The molecule has 5 heteroatoms. The minimum Gasteiger partial charge on any atom is -0.466 e. The molecule has 2 aromatic rings. The number of rotatable bonds is 6. The number of thiophene rings is 1. The van der Waals surface area contributed by atoms with Crippen LogP contribution in [0.1, 0.15) is 47.0 Å². The Labute approximate surface area is 168 Å². The molecule has 1 atom stereocenters. The molecule has 2 aliphatic carbocycles. The van der Waals surface area contributed by atoms with E-state index < -0.39 is 16.7 Å². The van der Waals surface area contributed by atoms with Crippen LogP contribution in [0, 0.1) is 5.41 Å². The summed E-state index contributed by atoms with van der Waals surface area (Å²) in [6.07, 6.45) is 8.48. The second-order valence-corrected chi connectivity index (χ2v) is 8.28. The summed E-state index contributed by atoms with van der Waals surface area (Å²) in [4.78, 5) is 25.9. The van der Waals surface area contributed by atoms with Gasteiger partial charge in [0, 0.05) is 10.3 Å². The van der Waals surface area contributed by atoms with Crippen molar-refractivity contribution in [3.8, 4) is 0 Å². The van der Waals surface area contributed by atoms with E-state index in [-0.39, 0.29) is 5.97 Å². The first-order valence-corrected chi connectivity index (χ1v) is 10.4. The second kappa shape index (κ2) is 7.06. The predicted octanol–water partition coefficient (Wildman–Crippen LogP) is 4.47. The van der Waals surface area contributed by atoms with Crippen LogP contribution < -0.4 is 5.73 Å². The highest BCUT2D eigenvalue weighted by atomic mass is 32.1. The van der Waals surface area contributed by atoms with Crippen molar-refractivity contribution in [2.75, 3.05) is 6.61 Å². The van der Waals surface area contributed by atoms with Gasteiger partial charge in [-0.15, -0.1) is 11.3 Å². The lowest BCUT2D eigenvalue weighted by molar-refractivity contribution is -0.152. The smallest absolute Gasteiger partial charge is 0.313 e. The molecule has 28 heavy (non-hydrogen) atoms. The van der Waals surface area contributed by atoms with Crippen molar-refractivity contribution in [1.82, 2.24) is 0 Å². The Hall–Kier alpha value is -2.66. The molecule has 4 rings (SSSR count). The standard InChI is InChI=1S/C23H23NO3S/c1-2-27-21(26)23(13-14-23)22(19-18(20(24)25)10-15-28-19)11-8-17(9-12-22)16-6-4-3-5-7-16/h3-11,15H,2,12-14H2,1H3,(H2,24,25). The molecule has 0 saturated heterocycles. The van der Waals surface area contributed by atoms with Gasteiger partial charge in [-0.2, -0.15) is 0 Å². The van der Waals surface area contributed by atoms with E-state index in [0.717, 1.165) is 28.9 Å². The van der Waals surface area contributed by atoms with Crippen LogP contribution in [0.3, 0.4) is 0 Å². The molecule has 0 radical (unpaired) electrons. The van der Waals surface area contributed by atoms with Crippen molar-refractivity contribution in [3.63, 3.8) is 0 Å². The molecule has 0 spiro atoms. The number of carbonyl (C=O) groups excluding carboxylic acids is 2. The third-order valence-electron chi connectivity index (χ3n) is 5.90. The maximum absolute atomic E-state index is 13.0. The van der Waals surface area contributed by atoms with Gasteiger partial charge >= 0.3 is 5.97 Å². The molecule has 144 valence electrons. The van der Waals surface area contributed by atoms with Gasteiger partial charge in [0.05, 0.1) is 17.6 Å². The van der Waals surface area contributed by atoms with Crippen molar-refractivity contribution in [2.45, 2.75) is 31.6 Å². The summed E-state index contributed by atoms with van der Waals surface area (Å²) < 4.78 is 5.45. The number of hydrogen-bond donors (Lipinski definition) is 1. The third kappa shape index (κ3) is 2.81. The van der Waals surface area contributed by atoms with Crippen LogP contribution in [0.5, 0.6) is 0 Å². The quantitative estimate of drug-likeness (QED) is 0.736. The van der Waals surface area contributed by atoms with Gasteiger partial charge in [-0.1, -0.05) is 48.6 Å². The van der Waals surface area contributed by atoms with Gasteiger partial charge in [-0.25, -0.2) is 0 Å². The van der Waals surface area contributed by atoms with Gasteiger partial charge in [0.25, 0.3) is 0 Å². The summed E-state index contributed by atoms with van der Waals surface area (Å²) >= 11 is 1.49. The van der Waals surface area contributed by atoms with Crippen molar-refractivity contribution in [1.29, 1.82) is 0 Å².